The molecule has 1 rings (SSSR count). The first-order valence-electron chi connectivity index (χ1n) is 2.89. The maximum atomic E-state index is 10.8. The lowest BCUT2D eigenvalue weighted by Gasteiger charge is -2.04. The molecule has 0 saturated heterocycles. The van der Waals surface area contributed by atoms with E-state index in [1.165, 1.54) is 0 Å². The van der Waals surface area contributed by atoms with Crippen molar-refractivity contribution in [3.05, 3.63) is 0 Å². The second kappa shape index (κ2) is 2.14. The first kappa shape index (κ1) is 7.90. The van der Waals surface area contributed by atoms with Gasteiger partial charge in [0.25, 0.3) is 0 Å². The van der Waals surface area contributed by atoms with Gasteiger partial charge in [0.15, 0.2) is 0 Å². The molecular weight excluding hydrogens is 172 g/mol. The molecule has 1 fully saturated rings. The molecule has 0 unspecified atom stereocenters. The van der Waals surface area contributed by atoms with Crippen molar-refractivity contribution < 1.29 is 8.42 Å². The molecule has 1 aliphatic carbocycles. The number of halogens is 1. The molecule has 0 heterocycles. The molecule has 0 amide bonds. The summed E-state index contributed by atoms with van der Waals surface area (Å²) >= 11 is 0. The molecule has 0 aromatic rings. The standard InChI is InChI=1S/C6H7ClO2S/c1-2-3-6(4-5-6)10(7,8)9/h1H,3-5H2. The second-order valence-corrected chi connectivity index (χ2v) is 5.46. The summed E-state index contributed by atoms with van der Waals surface area (Å²) in [5, 5.41) is 0. The molecule has 1 saturated carbocycles. The lowest BCUT2D eigenvalue weighted by Crippen LogP contribution is -2.16. The summed E-state index contributed by atoms with van der Waals surface area (Å²) < 4.78 is 20.8. The van der Waals surface area contributed by atoms with Crippen LogP contribution in [-0.2, 0) is 9.05 Å². The van der Waals surface area contributed by atoms with Crippen molar-refractivity contribution >= 4 is 19.7 Å². The molecule has 0 atom stereocenters. The highest BCUT2D eigenvalue weighted by Crippen LogP contribution is 2.47. The average Bonchev–Trinajstić information content (AvgIpc) is 2.45. The maximum absolute atomic E-state index is 10.8. The fourth-order valence-corrected chi connectivity index (χ4v) is 2.30. The van der Waals surface area contributed by atoms with Crippen molar-refractivity contribution in [2.24, 2.45) is 0 Å². The number of terminal acetylenes is 1. The molecule has 0 bridgehead atoms. The lowest BCUT2D eigenvalue weighted by atomic mass is 10.3. The fourth-order valence-electron chi connectivity index (χ4n) is 0.832. The summed E-state index contributed by atoms with van der Waals surface area (Å²) in [6.45, 7) is 0. The summed E-state index contributed by atoms with van der Waals surface area (Å²) in [5.74, 6) is 2.31. The molecular formula is C6H7ClO2S. The van der Waals surface area contributed by atoms with Gasteiger partial charge < -0.3 is 0 Å². The van der Waals surface area contributed by atoms with Gasteiger partial charge in [-0.2, -0.15) is 0 Å². The number of hydrogen-bond acceptors (Lipinski definition) is 2. The van der Waals surface area contributed by atoms with Gasteiger partial charge in [0.1, 0.15) is 0 Å². The van der Waals surface area contributed by atoms with Crippen LogP contribution in [0.15, 0.2) is 0 Å². The molecule has 0 N–H and O–H groups in total. The van der Waals surface area contributed by atoms with Gasteiger partial charge >= 0.3 is 0 Å². The van der Waals surface area contributed by atoms with E-state index in [0.29, 0.717) is 12.8 Å². The molecule has 0 aliphatic heterocycles. The molecule has 2 nitrogen and oxygen atoms in total. The largest absolute Gasteiger partial charge is 0.239 e. The van der Waals surface area contributed by atoms with Gasteiger partial charge in [-0.3, -0.25) is 0 Å². The molecule has 56 valence electrons. The van der Waals surface area contributed by atoms with Crippen molar-refractivity contribution in [1.82, 2.24) is 0 Å². The minimum Gasteiger partial charge on any atom is -0.212 e. The quantitative estimate of drug-likeness (QED) is 0.469. The highest BCUT2D eigenvalue weighted by molar-refractivity contribution is 8.15. The van der Waals surface area contributed by atoms with Crippen LogP contribution in [0.2, 0.25) is 0 Å². The third kappa shape index (κ3) is 1.14. The van der Waals surface area contributed by atoms with Gasteiger partial charge in [0.2, 0.25) is 9.05 Å². The Morgan fingerprint density at radius 3 is 2.20 bits per heavy atom. The van der Waals surface area contributed by atoms with E-state index in [0.717, 1.165) is 0 Å². The van der Waals surface area contributed by atoms with Gasteiger partial charge in [-0.05, 0) is 12.8 Å². The zero-order valence-corrected chi connectivity index (χ0v) is 6.87. The van der Waals surface area contributed by atoms with E-state index < -0.39 is 13.8 Å². The highest BCUT2D eigenvalue weighted by atomic mass is 35.7. The normalized spacial score (nSPS) is 21.6. The highest BCUT2D eigenvalue weighted by Gasteiger charge is 2.53. The van der Waals surface area contributed by atoms with Crippen LogP contribution in [0.1, 0.15) is 19.3 Å². The van der Waals surface area contributed by atoms with E-state index in [9.17, 15) is 8.42 Å². The van der Waals surface area contributed by atoms with E-state index in [1.807, 2.05) is 0 Å². The Hall–Kier alpha value is -0.200. The average molecular weight is 179 g/mol. The van der Waals surface area contributed by atoms with Crippen LogP contribution >= 0.6 is 10.7 Å². The van der Waals surface area contributed by atoms with Crippen molar-refractivity contribution in [1.29, 1.82) is 0 Å². The minimum absolute atomic E-state index is 0.249. The maximum Gasteiger partial charge on any atom is 0.239 e. The SMILES string of the molecule is C#CCC1(S(=O)(=O)Cl)CC1. The summed E-state index contributed by atoms with van der Waals surface area (Å²) in [4.78, 5) is 0. The van der Waals surface area contributed by atoms with E-state index in [1.54, 1.807) is 0 Å². The van der Waals surface area contributed by atoms with Crippen LogP contribution in [-0.4, -0.2) is 13.2 Å². The Kier molecular flexibility index (Phi) is 1.69. The van der Waals surface area contributed by atoms with Gasteiger partial charge in [-0.15, -0.1) is 12.3 Å². The van der Waals surface area contributed by atoms with Crippen molar-refractivity contribution in [3.63, 3.8) is 0 Å². The molecule has 0 aromatic carbocycles. The van der Waals surface area contributed by atoms with Crippen LogP contribution in [0, 0.1) is 12.3 Å². The first-order valence-corrected chi connectivity index (χ1v) is 5.20. The fraction of sp³-hybridized carbons (Fsp3) is 0.667. The summed E-state index contributed by atoms with van der Waals surface area (Å²) in [6, 6.07) is 0. The van der Waals surface area contributed by atoms with Crippen molar-refractivity contribution in [3.8, 4) is 12.3 Å². The van der Waals surface area contributed by atoms with Gasteiger partial charge in [-0.25, -0.2) is 8.42 Å². The molecule has 4 heteroatoms. The van der Waals surface area contributed by atoms with E-state index in [-0.39, 0.29) is 6.42 Å². The Morgan fingerprint density at radius 2 is 2.10 bits per heavy atom. The Morgan fingerprint density at radius 1 is 1.60 bits per heavy atom. The molecule has 0 aromatic heterocycles. The van der Waals surface area contributed by atoms with Crippen LogP contribution in [0.25, 0.3) is 0 Å². The number of hydrogen-bond donors (Lipinski definition) is 0. The zero-order chi connectivity index (χ0) is 7.83. The summed E-state index contributed by atoms with van der Waals surface area (Å²) in [7, 11) is 1.72. The Labute approximate surface area is 65.0 Å². The first-order chi connectivity index (χ1) is 4.52. The Balaban J connectivity index is 2.83. The van der Waals surface area contributed by atoms with Crippen LogP contribution in [0.5, 0.6) is 0 Å². The van der Waals surface area contributed by atoms with Crippen LogP contribution < -0.4 is 0 Å². The van der Waals surface area contributed by atoms with E-state index >= 15 is 0 Å². The van der Waals surface area contributed by atoms with E-state index in [4.69, 9.17) is 17.1 Å². The Bertz CT molecular complexity index is 269. The van der Waals surface area contributed by atoms with Crippen LogP contribution in [0.3, 0.4) is 0 Å². The minimum atomic E-state index is -3.42. The van der Waals surface area contributed by atoms with Crippen LogP contribution in [0.4, 0.5) is 0 Å². The van der Waals surface area contributed by atoms with E-state index in [2.05, 4.69) is 5.92 Å². The zero-order valence-electron chi connectivity index (χ0n) is 5.30. The third-order valence-corrected chi connectivity index (χ3v) is 4.32. The molecule has 1 aliphatic rings. The summed E-state index contributed by atoms with van der Waals surface area (Å²) in [5.41, 5.74) is 0. The van der Waals surface area contributed by atoms with Crippen molar-refractivity contribution in [2.45, 2.75) is 24.0 Å². The summed E-state index contributed by atoms with van der Waals surface area (Å²) in [6.07, 6.45) is 6.46. The molecule has 0 spiro atoms. The third-order valence-electron chi connectivity index (χ3n) is 1.75. The van der Waals surface area contributed by atoms with Gasteiger partial charge in [0.05, 0.1) is 4.75 Å². The van der Waals surface area contributed by atoms with Gasteiger partial charge in [0, 0.05) is 17.1 Å². The predicted molar refractivity (Wildman–Crippen MR) is 40.2 cm³/mol. The molecule has 0 radical (unpaired) electrons. The monoisotopic (exact) mass is 178 g/mol. The smallest absolute Gasteiger partial charge is 0.212 e. The second-order valence-electron chi connectivity index (χ2n) is 2.50. The predicted octanol–water partition coefficient (Wildman–Crippen LogP) is 1.11. The topological polar surface area (TPSA) is 34.1 Å². The number of rotatable bonds is 2. The lowest BCUT2D eigenvalue weighted by molar-refractivity contribution is 0.592. The van der Waals surface area contributed by atoms with Gasteiger partial charge in [-0.1, -0.05) is 0 Å². The molecule has 10 heavy (non-hydrogen) atoms. The van der Waals surface area contributed by atoms with Crippen molar-refractivity contribution in [2.75, 3.05) is 0 Å².